The van der Waals surface area contributed by atoms with Gasteiger partial charge < -0.3 is 9.73 Å². The van der Waals surface area contributed by atoms with Gasteiger partial charge in [-0.15, -0.1) is 0 Å². The molecule has 0 aliphatic rings. The van der Waals surface area contributed by atoms with Crippen LogP contribution in [-0.2, 0) is 23.0 Å². The lowest BCUT2D eigenvalue weighted by Crippen LogP contribution is -2.25. The lowest BCUT2D eigenvalue weighted by atomic mass is 10.2. The number of sulfonamides is 1. The summed E-state index contributed by atoms with van der Waals surface area (Å²) in [7, 11) is -3.58. The zero-order valence-corrected chi connectivity index (χ0v) is 12.8. The molecule has 1 heterocycles. The zero-order chi connectivity index (χ0) is 15.1. The molecule has 2 N–H and O–H groups in total. The van der Waals surface area contributed by atoms with Crippen molar-refractivity contribution in [2.24, 2.45) is 0 Å². The molecule has 0 atom stereocenters. The topological polar surface area (TPSA) is 71.3 Å². The lowest BCUT2D eigenvalue weighted by Gasteiger charge is -2.04. The molecule has 0 amide bonds. The highest BCUT2D eigenvalue weighted by atomic mass is 32.2. The van der Waals surface area contributed by atoms with E-state index >= 15 is 0 Å². The van der Waals surface area contributed by atoms with Crippen LogP contribution in [0.4, 0.5) is 0 Å². The molecule has 0 bridgehead atoms. The maximum absolute atomic E-state index is 12.1. The van der Waals surface area contributed by atoms with Gasteiger partial charge in [0, 0.05) is 6.54 Å². The minimum absolute atomic E-state index is 0.0385. The van der Waals surface area contributed by atoms with Gasteiger partial charge in [-0.05, 0) is 30.7 Å². The minimum Gasteiger partial charge on any atom is -0.447 e. The summed E-state index contributed by atoms with van der Waals surface area (Å²) in [6, 6.07) is 12.9. The first-order valence-corrected chi connectivity index (χ1v) is 8.43. The van der Waals surface area contributed by atoms with Crippen molar-refractivity contribution in [3.05, 3.63) is 53.8 Å². The monoisotopic (exact) mass is 308 g/mol. The Hall–Kier alpha value is -1.63. The van der Waals surface area contributed by atoms with Gasteiger partial charge in [0.05, 0.1) is 6.54 Å². The average molecular weight is 308 g/mol. The number of hydrogen-bond acceptors (Lipinski definition) is 4. The smallest absolute Gasteiger partial charge is 0.273 e. The van der Waals surface area contributed by atoms with Crippen LogP contribution >= 0.6 is 0 Å². The minimum atomic E-state index is -3.58. The maximum Gasteiger partial charge on any atom is 0.273 e. The summed E-state index contributed by atoms with van der Waals surface area (Å²) in [5.74, 6) is 0.611. The Kier molecular flexibility index (Phi) is 5.55. The Morgan fingerprint density at radius 1 is 1.10 bits per heavy atom. The van der Waals surface area contributed by atoms with Crippen molar-refractivity contribution in [1.82, 2.24) is 10.0 Å². The molecule has 2 aromatic rings. The van der Waals surface area contributed by atoms with E-state index in [4.69, 9.17) is 4.42 Å². The highest BCUT2D eigenvalue weighted by Gasteiger charge is 2.17. The van der Waals surface area contributed by atoms with E-state index in [1.165, 1.54) is 6.07 Å². The van der Waals surface area contributed by atoms with Gasteiger partial charge in [0.15, 0.2) is 0 Å². The molecule has 2 rings (SSSR count). The third kappa shape index (κ3) is 4.70. The predicted octanol–water partition coefficient (Wildman–Crippen LogP) is 1.91. The molecule has 0 saturated carbocycles. The second kappa shape index (κ2) is 7.40. The molecule has 0 aliphatic heterocycles. The molecular formula is C15H20N2O3S. The fraction of sp³-hybridized carbons (Fsp3) is 0.333. The molecule has 0 radical (unpaired) electrons. The van der Waals surface area contributed by atoms with E-state index in [0.717, 1.165) is 12.1 Å². The number of nitrogens with one attached hydrogen (secondary N) is 2. The average Bonchev–Trinajstić information content (AvgIpc) is 2.96. The Bertz CT molecular complexity index is 651. The first-order valence-electron chi connectivity index (χ1n) is 6.95. The van der Waals surface area contributed by atoms with E-state index in [-0.39, 0.29) is 5.09 Å². The van der Waals surface area contributed by atoms with Crippen LogP contribution in [0.15, 0.2) is 52.0 Å². The van der Waals surface area contributed by atoms with Crippen molar-refractivity contribution in [2.45, 2.75) is 25.0 Å². The van der Waals surface area contributed by atoms with E-state index in [0.29, 0.717) is 25.3 Å². The summed E-state index contributed by atoms with van der Waals surface area (Å²) in [5, 5.41) is 3.05. The van der Waals surface area contributed by atoms with Crippen LogP contribution < -0.4 is 10.0 Å². The third-order valence-electron chi connectivity index (χ3n) is 3.00. The maximum atomic E-state index is 12.1. The van der Waals surface area contributed by atoms with Crippen molar-refractivity contribution in [3.63, 3.8) is 0 Å². The summed E-state index contributed by atoms with van der Waals surface area (Å²) in [4.78, 5) is 0. The molecule has 5 nitrogen and oxygen atoms in total. The fourth-order valence-corrected chi connectivity index (χ4v) is 2.87. The van der Waals surface area contributed by atoms with Gasteiger partial charge in [-0.25, -0.2) is 13.1 Å². The van der Waals surface area contributed by atoms with Gasteiger partial charge in [0.25, 0.3) is 10.0 Å². The largest absolute Gasteiger partial charge is 0.447 e. The second-order valence-electron chi connectivity index (χ2n) is 4.63. The van der Waals surface area contributed by atoms with Crippen LogP contribution in [0.25, 0.3) is 0 Å². The Balaban J connectivity index is 1.90. The zero-order valence-electron chi connectivity index (χ0n) is 12.0. The first kappa shape index (κ1) is 15.8. The van der Waals surface area contributed by atoms with Gasteiger partial charge in [-0.3, -0.25) is 0 Å². The second-order valence-corrected chi connectivity index (χ2v) is 6.33. The summed E-state index contributed by atoms with van der Waals surface area (Å²) >= 11 is 0. The van der Waals surface area contributed by atoms with Crippen LogP contribution in [0, 0.1) is 0 Å². The van der Waals surface area contributed by atoms with Crippen molar-refractivity contribution in [3.8, 4) is 0 Å². The lowest BCUT2D eigenvalue weighted by molar-refractivity contribution is 0.401. The number of benzene rings is 1. The van der Waals surface area contributed by atoms with Crippen molar-refractivity contribution in [1.29, 1.82) is 0 Å². The molecule has 0 fully saturated rings. The van der Waals surface area contributed by atoms with E-state index in [1.54, 1.807) is 6.07 Å². The molecule has 0 spiro atoms. The highest BCUT2D eigenvalue weighted by Crippen LogP contribution is 2.13. The predicted molar refractivity (Wildman–Crippen MR) is 81.4 cm³/mol. The van der Waals surface area contributed by atoms with E-state index in [9.17, 15) is 8.42 Å². The van der Waals surface area contributed by atoms with E-state index in [1.807, 2.05) is 37.3 Å². The molecule has 114 valence electrons. The summed E-state index contributed by atoms with van der Waals surface area (Å²) in [6.45, 7) is 3.65. The SMILES string of the molecule is CCNCc1ccc(S(=O)(=O)NCCc2ccccc2)o1. The quantitative estimate of drug-likeness (QED) is 0.781. The van der Waals surface area contributed by atoms with Crippen LogP contribution in [0.1, 0.15) is 18.2 Å². The van der Waals surface area contributed by atoms with Gasteiger partial charge in [-0.1, -0.05) is 37.3 Å². The molecule has 6 heteroatoms. The highest BCUT2D eigenvalue weighted by molar-refractivity contribution is 7.89. The fourth-order valence-electron chi connectivity index (χ4n) is 1.89. The molecule has 0 saturated heterocycles. The van der Waals surface area contributed by atoms with Crippen LogP contribution in [0.5, 0.6) is 0 Å². The van der Waals surface area contributed by atoms with Gasteiger partial charge in [0.1, 0.15) is 5.76 Å². The van der Waals surface area contributed by atoms with Crippen LogP contribution in [-0.4, -0.2) is 21.5 Å². The van der Waals surface area contributed by atoms with E-state index < -0.39 is 10.0 Å². The Morgan fingerprint density at radius 2 is 1.86 bits per heavy atom. The van der Waals surface area contributed by atoms with Crippen molar-refractivity contribution >= 4 is 10.0 Å². The Labute approximate surface area is 125 Å². The molecule has 21 heavy (non-hydrogen) atoms. The number of furan rings is 1. The van der Waals surface area contributed by atoms with Gasteiger partial charge in [-0.2, -0.15) is 0 Å². The molecule has 0 aliphatic carbocycles. The van der Waals surface area contributed by atoms with Crippen molar-refractivity contribution < 1.29 is 12.8 Å². The first-order chi connectivity index (χ1) is 10.1. The summed E-state index contributed by atoms with van der Waals surface area (Å²) < 4.78 is 32.1. The summed E-state index contributed by atoms with van der Waals surface area (Å²) in [6.07, 6.45) is 0.644. The van der Waals surface area contributed by atoms with Crippen molar-refractivity contribution in [2.75, 3.05) is 13.1 Å². The normalized spacial score (nSPS) is 11.7. The Morgan fingerprint density at radius 3 is 2.57 bits per heavy atom. The van der Waals surface area contributed by atoms with Crippen LogP contribution in [0.2, 0.25) is 0 Å². The third-order valence-corrected chi connectivity index (χ3v) is 4.33. The number of rotatable bonds is 8. The van der Waals surface area contributed by atoms with E-state index in [2.05, 4.69) is 10.0 Å². The molecule has 0 unspecified atom stereocenters. The standard InChI is InChI=1S/C15H20N2O3S/c1-2-16-12-14-8-9-15(20-14)21(18,19)17-11-10-13-6-4-3-5-7-13/h3-9,16-17H,2,10-12H2,1H3. The number of hydrogen-bond donors (Lipinski definition) is 2. The summed E-state index contributed by atoms with van der Waals surface area (Å²) in [5.41, 5.74) is 1.09. The molecule has 1 aromatic heterocycles. The van der Waals surface area contributed by atoms with Crippen LogP contribution in [0.3, 0.4) is 0 Å². The van der Waals surface area contributed by atoms with Gasteiger partial charge in [0.2, 0.25) is 5.09 Å². The molecular weight excluding hydrogens is 288 g/mol. The molecule has 1 aromatic carbocycles. The van der Waals surface area contributed by atoms with Gasteiger partial charge >= 0.3 is 0 Å².